The van der Waals surface area contributed by atoms with Crippen LogP contribution in [-0.4, -0.2) is 40.7 Å². The summed E-state index contributed by atoms with van der Waals surface area (Å²) < 4.78 is 134. The molecular weight excluding hydrogens is 554 g/mol. The van der Waals surface area contributed by atoms with Crippen molar-refractivity contribution in [3.05, 3.63) is 53.6 Å². The number of sulfonamides is 1. The zero-order chi connectivity index (χ0) is 27.7. The Morgan fingerprint density at radius 2 is 1.49 bits per heavy atom. The molecule has 0 radical (unpaired) electrons. The van der Waals surface area contributed by atoms with E-state index in [0.717, 1.165) is 36.6 Å². The van der Waals surface area contributed by atoms with E-state index in [4.69, 9.17) is 0 Å². The van der Waals surface area contributed by atoms with Crippen LogP contribution in [0.3, 0.4) is 0 Å². The Hall–Kier alpha value is -3.01. The van der Waals surface area contributed by atoms with Gasteiger partial charge in [0.1, 0.15) is 5.75 Å². The lowest BCUT2D eigenvalue weighted by atomic mass is 9.39. The second kappa shape index (κ2) is 8.24. The van der Waals surface area contributed by atoms with E-state index in [-0.39, 0.29) is 25.0 Å². The van der Waals surface area contributed by atoms with E-state index >= 15 is 0 Å². The number of hydrogen-bond donors (Lipinski definition) is 2. The van der Waals surface area contributed by atoms with Crippen LogP contribution in [0.1, 0.15) is 35.2 Å². The van der Waals surface area contributed by atoms with Gasteiger partial charge < -0.3 is 9.50 Å². The maximum Gasteiger partial charge on any atom is 0.416 e. The average Bonchev–Trinajstić information content (AvgIpc) is 2.66. The van der Waals surface area contributed by atoms with E-state index < -0.39 is 71.1 Å². The van der Waals surface area contributed by atoms with Crippen LogP contribution >= 0.6 is 0 Å². The molecule has 0 saturated heterocycles. The van der Waals surface area contributed by atoms with Crippen LogP contribution in [0.25, 0.3) is 0 Å². The smallest absolute Gasteiger partial charge is 0.383 e. The highest BCUT2D eigenvalue weighted by Crippen LogP contribution is 2.73. The minimum atomic E-state index is -4.90. The molecule has 0 aliphatic heterocycles. The van der Waals surface area contributed by atoms with Gasteiger partial charge in [0.05, 0.1) is 33.4 Å². The molecule has 1 amide bonds. The number of benzene rings is 2. The van der Waals surface area contributed by atoms with Crippen molar-refractivity contribution in [3.8, 4) is 5.75 Å². The SMILES string of the molecule is CS(=O)(=O)Oc1ccc(S(=O)(=O)Nc2cc(C(F)(F)F)ccc2C(=O)NC23CC(C(F)(F)F)(C2)C3)cc1. The van der Waals surface area contributed by atoms with E-state index in [1.807, 2.05) is 4.72 Å². The van der Waals surface area contributed by atoms with Gasteiger partial charge in [-0.05, 0) is 61.7 Å². The molecule has 2 aromatic carbocycles. The zero-order valence-corrected chi connectivity index (χ0v) is 20.3. The minimum absolute atomic E-state index is 0.226. The van der Waals surface area contributed by atoms with Gasteiger partial charge in [-0.1, -0.05) is 0 Å². The molecule has 8 nitrogen and oxygen atoms in total. The normalized spacial score (nSPS) is 23.4. The predicted molar refractivity (Wildman–Crippen MR) is 117 cm³/mol. The number of carbonyl (C=O) groups is 1. The summed E-state index contributed by atoms with van der Waals surface area (Å²) in [6.07, 6.45) is -9.71. The van der Waals surface area contributed by atoms with E-state index in [1.54, 1.807) is 0 Å². The summed E-state index contributed by atoms with van der Waals surface area (Å²) in [4.78, 5) is 12.3. The first-order valence-electron chi connectivity index (χ1n) is 10.4. The molecule has 3 saturated carbocycles. The lowest BCUT2D eigenvalue weighted by Gasteiger charge is -2.70. The number of carbonyl (C=O) groups excluding carboxylic acids is 1. The summed E-state index contributed by atoms with van der Waals surface area (Å²) in [5.74, 6) is -1.27. The molecule has 0 spiro atoms. The van der Waals surface area contributed by atoms with Crippen molar-refractivity contribution in [2.24, 2.45) is 5.41 Å². The van der Waals surface area contributed by atoms with Gasteiger partial charge in [-0.25, -0.2) is 8.42 Å². The number of rotatable bonds is 7. The van der Waals surface area contributed by atoms with Crippen LogP contribution in [0, 0.1) is 5.41 Å². The molecule has 0 unspecified atom stereocenters. The van der Waals surface area contributed by atoms with Crippen LogP contribution in [0.4, 0.5) is 32.0 Å². The Bertz CT molecular complexity index is 1450. The maximum atomic E-state index is 13.3. The van der Waals surface area contributed by atoms with Crippen molar-refractivity contribution in [1.29, 1.82) is 0 Å². The first-order chi connectivity index (χ1) is 16.7. The first-order valence-corrected chi connectivity index (χ1v) is 13.7. The Morgan fingerprint density at radius 1 is 0.919 bits per heavy atom. The molecule has 2 N–H and O–H groups in total. The molecule has 2 bridgehead atoms. The average molecular weight is 573 g/mol. The van der Waals surface area contributed by atoms with Crippen molar-refractivity contribution in [1.82, 2.24) is 5.32 Å². The first kappa shape index (κ1) is 27.0. The van der Waals surface area contributed by atoms with Crippen LogP contribution in [0.2, 0.25) is 0 Å². The molecule has 37 heavy (non-hydrogen) atoms. The molecule has 2 aromatic rings. The summed E-state index contributed by atoms with van der Waals surface area (Å²) in [6.45, 7) is 0. The number of nitrogens with one attached hydrogen (secondary N) is 2. The molecule has 0 atom stereocenters. The highest BCUT2D eigenvalue weighted by molar-refractivity contribution is 7.92. The number of halogens is 6. The highest BCUT2D eigenvalue weighted by atomic mass is 32.2. The van der Waals surface area contributed by atoms with Crippen LogP contribution in [0.5, 0.6) is 5.75 Å². The standard InChI is InChI=1S/C21H18F6N2O6S2/c1-36(31,32)35-13-3-5-14(6-4-13)37(33,34)29-16-8-12(20(22,23)24)2-7-15(16)17(30)28-19-9-18(10-19,11-19)21(25,26)27/h2-8,29H,9-11H2,1H3,(H,28,30). The number of alkyl halides is 6. The monoisotopic (exact) mass is 572 g/mol. The Morgan fingerprint density at radius 3 is 1.97 bits per heavy atom. The molecule has 0 heterocycles. The molecule has 0 aromatic heterocycles. The third kappa shape index (κ3) is 5.21. The van der Waals surface area contributed by atoms with Gasteiger partial charge in [-0.3, -0.25) is 9.52 Å². The van der Waals surface area contributed by atoms with E-state index in [9.17, 15) is 48.0 Å². The second-order valence-electron chi connectivity index (χ2n) is 9.17. The van der Waals surface area contributed by atoms with Crippen molar-refractivity contribution in [2.75, 3.05) is 11.0 Å². The van der Waals surface area contributed by atoms with Crippen LogP contribution in [-0.2, 0) is 26.3 Å². The van der Waals surface area contributed by atoms with Gasteiger partial charge in [-0.2, -0.15) is 34.8 Å². The highest BCUT2D eigenvalue weighted by Gasteiger charge is 2.79. The molecule has 3 aliphatic carbocycles. The summed E-state index contributed by atoms with van der Waals surface area (Å²) in [5, 5.41) is 2.40. The predicted octanol–water partition coefficient (Wildman–Crippen LogP) is 4.06. The van der Waals surface area contributed by atoms with Crippen molar-refractivity contribution < 1.29 is 52.2 Å². The van der Waals surface area contributed by atoms with Gasteiger partial charge in [0.25, 0.3) is 15.9 Å². The van der Waals surface area contributed by atoms with Gasteiger partial charge >= 0.3 is 22.5 Å². The molecule has 3 aliphatic rings. The second-order valence-corrected chi connectivity index (χ2v) is 12.4. The van der Waals surface area contributed by atoms with Gasteiger partial charge in [0, 0.05) is 5.54 Å². The topological polar surface area (TPSA) is 119 Å². The molecular formula is C21H18F6N2O6S2. The fourth-order valence-electron chi connectivity index (χ4n) is 4.59. The van der Waals surface area contributed by atoms with Gasteiger partial charge in [0.15, 0.2) is 0 Å². The van der Waals surface area contributed by atoms with Crippen molar-refractivity contribution in [2.45, 2.75) is 42.0 Å². The number of amides is 1. The molecule has 202 valence electrons. The van der Waals surface area contributed by atoms with Crippen molar-refractivity contribution in [3.63, 3.8) is 0 Å². The minimum Gasteiger partial charge on any atom is -0.383 e. The van der Waals surface area contributed by atoms with E-state index in [0.29, 0.717) is 12.1 Å². The summed E-state index contributed by atoms with van der Waals surface area (Å²) >= 11 is 0. The fourth-order valence-corrected chi connectivity index (χ4v) is 6.12. The lowest BCUT2D eigenvalue weighted by Crippen LogP contribution is -2.78. The number of hydrogen-bond acceptors (Lipinski definition) is 6. The van der Waals surface area contributed by atoms with E-state index in [2.05, 4.69) is 9.50 Å². The van der Waals surface area contributed by atoms with Crippen LogP contribution in [0.15, 0.2) is 47.4 Å². The zero-order valence-electron chi connectivity index (χ0n) is 18.7. The third-order valence-electron chi connectivity index (χ3n) is 6.23. The van der Waals surface area contributed by atoms with E-state index in [1.165, 1.54) is 0 Å². The fraction of sp³-hybridized carbons (Fsp3) is 0.381. The number of anilines is 1. The molecule has 3 fully saturated rings. The van der Waals surface area contributed by atoms with Crippen molar-refractivity contribution >= 4 is 31.7 Å². The molecule has 16 heteroatoms. The molecule has 5 rings (SSSR count). The lowest BCUT2D eigenvalue weighted by molar-refractivity contribution is -0.336. The summed E-state index contributed by atoms with van der Waals surface area (Å²) in [6, 6.07) is 5.51. The quantitative estimate of drug-likeness (QED) is 0.382. The summed E-state index contributed by atoms with van der Waals surface area (Å²) in [7, 11) is -8.51. The Kier molecular flexibility index (Phi) is 6.02. The Labute approximate surface area is 207 Å². The third-order valence-corrected chi connectivity index (χ3v) is 8.10. The van der Waals surface area contributed by atoms with Gasteiger partial charge in [-0.15, -0.1) is 0 Å². The van der Waals surface area contributed by atoms with Gasteiger partial charge in [0.2, 0.25) is 0 Å². The Balaban J connectivity index is 1.60. The summed E-state index contributed by atoms with van der Waals surface area (Å²) in [5.41, 5.74) is -5.61. The largest absolute Gasteiger partial charge is 0.416 e. The van der Waals surface area contributed by atoms with Crippen LogP contribution < -0.4 is 14.2 Å². The maximum absolute atomic E-state index is 13.3.